The Balaban J connectivity index is 1.78. The number of carbonyl (C=O) groups is 1. The maximum absolute atomic E-state index is 12.4. The van der Waals surface area contributed by atoms with E-state index in [9.17, 15) is 4.79 Å². The number of methoxy groups -OCH3 is 1. The van der Waals surface area contributed by atoms with Crippen LogP contribution in [0.1, 0.15) is 34.7 Å². The molecule has 0 unspecified atom stereocenters. The Bertz CT molecular complexity index is 713. The summed E-state index contributed by atoms with van der Waals surface area (Å²) in [6.07, 6.45) is 2.39. The van der Waals surface area contributed by atoms with Gasteiger partial charge in [-0.1, -0.05) is 30.3 Å². The van der Waals surface area contributed by atoms with Crippen LogP contribution >= 0.6 is 0 Å². The zero-order valence-corrected chi connectivity index (χ0v) is 13.9. The van der Waals surface area contributed by atoms with Crippen molar-refractivity contribution in [1.82, 2.24) is 9.88 Å². The highest BCUT2D eigenvalue weighted by Gasteiger charge is 2.31. The van der Waals surface area contributed by atoms with Crippen molar-refractivity contribution in [2.75, 3.05) is 13.7 Å². The molecular weight excluding hydrogens is 288 g/mol. The van der Waals surface area contributed by atoms with Crippen molar-refractivity contribution < 1.29 is 9.53 Å². The molecule has 2 aromatic rings. The number of amides is 1. The van der Waals surface area contributed by atoms with E-state index in [0.717, 1.165) is 29.1 Å². The van der Waals surface area contributed by atoms with Crippen molar-refractivity contribution in [3.05, 3.63) is 58.9 Å². The predicted molar refractivity (Wildman–Crippen MR) is 89.5 cm³/mol. The molecule has 1 aromatic heterocycles. The molecule has 1 aliphatic heterocycles. The number of hydrogen-bond donors (Lipinski definition) is 0. The van der Waals surface area contributed by atoms with Gasteiger partial charge in [-0.25, -0.2) is 0 Å². The highest BCUT2D eigenvalue weighted by Crippen LogP contribution is 2.30. The average molecular weight is 310 g/mol. The number of aromatic nitrogens is 1. The lowest BCUT2D eigenvalue weighted by molar-refractivity contribution is -0.128. The van der Waals surface area contributed by atoms with Crippen molar-refractivity contribution in [3.63, 3.8) is 0 Å². The van der Waals surface area contributed by atoms with Crippen LogP contribution in [-0.4, -0.2) is 29.4 Å². The second kappa shape index (κ2) is 6.41. The zero-order chi connectivity index (χ0) is 16.4. The van der Waals surface area contributed by atoms with Gasteiger partial charge in [0.05, 0.1) is 19.3 Å². The zero-order valence-electron chi connectivity index (χ0n) is 13.9. The minimum absolute atomic E-state index is 0.194. The van der Waals surface area contributed by atoms with E-state index < -0.39 is 0 Å². The van der Waals surface area contributed by atoms with Crippen molar-refractivity contribution in [2.45, 2.75) is 32.7 Å². The lowest BCUT2D eigenvalue weighted by Gasteiger charge is -2.19. The molecule has 4 nitrogen and oxygen atoms in total. The molecule has 4 heteroatoms. The van der Waals surface area contributed by atoms with Crippen LogP contribution in [0.15, 0.2) is 36.5 Å². The van der Waals surface area contributed by atoms with Gasteiger partial charge in [0, 0.05) is 36.2 Å². The van der Waals surface area contributed by atoms with Gasteiger partial charge in [-0.15, -0.1) is 0 Å². The molecule has 1 fully saturated rings. The summed E-state index contributed by atoms with van der Waals surface area (Å²) in [5.41, 5.74) is 4.18. The van der Waals surface area contributed by atoms with Crippen LogP contribution in [0.25, 0.3) is 0 Å². The summed E-state index contributed by atoms with van der Waals surface area (Å²) in [6.45, 7) is 5.28. The van der Waals surface area contributed by atoms with Crippen LogP contribution < -0.4 is 4.74 Å². The van der Waals surface area contributed by atoms with Gasteiger partial charge in [0.2, 0.25) is 5.91 Å². The molecule has 1 aromatic carbocycles. The van der Waals surface area contributed by atoms with Gasteiger partial charge >= 0.3 is 0 Å². The third kappa shape index (κ3) is 3.07. The Morgan fingerprint density at radius 2 is 2.00 bits per heavy atom. The lowest BCUT2D eigenvalue weighted by Crippen LogP contribution is -2.25. The van der Waals surface area contributed by atoms with Crippen molar-refractivity contribution in [3.8, 4) is 5.75 Å². The fraction of sp³-hybridized carbons (Fsp3) is 0.368. The van der Waals surface area contributed by atoms with Crippen LogP contribution in [-0.2, 0) is 11.3 Å². The first kappa shape index (κ1) is 15.5. The van der Waals surface area contributed by atoms with Gasteiger partial charge in [0.1, 0.15) is 5.75 Å². The van der Waals surface area contributed by atoms with Gasteiger partial charge in [-0.05, 0) is 19.4 Å². The second-order valence-corrected chi connectivity index (χ2v) is 6.13. The number of hydrogen-bond acceptors (Lipinski definition) is 3. The number of pyridine rings is 1. The number of aryl methyl sites for hydroxylation is 1. The molecule has 3 rings (SSSR count). The van der Waals surface area contributed by atoms with E-state index in [1.165, 1.54) is 5.56 Å². The number of nitrogens with zero attached hydrogens (tertiary/aromatic N) is 2. The summed E-state index contributed by atoms with van der Waals surface area (Å²) in [5.74, 6) is 1.33. The maximum Gasteiger partial charge on any atom is 0.223 e. The SMILES string of the molecule is COc1c(C)cnc(CN2C[C@H](c3ccccc3)CC2=O)c1C. The first-order valence-corrected chi connectivity index (χ1v) is 7.92. The Morgan fingerprint density at radius 3 is 2.70 bits per heavy atom. The standard InChI is InChI=1S/C19H22N2O2/c1-13-10-20-17(14(2)19(13)23-3)12-21-11-16(9-18(21)22)15-7-5-4-6-8-15/h4-8,10,16H,9,11-12H2,1-3H3/t16-/m1/s1. The van der Waals surface area contributed by atoms with Crippen molar-refractivity contribution in [1.29, 1.82) is 0 Å². The molecule has 23 heavy (non-hydrogen) atoms. The monoisotopic (exact) mass is 310 g/mol. The number of benzene rings is 1. The third-order valence-electron chi connectivity index (χ3n) is 4.58. The Labute approximate surface area is 137 Å². The molecule has 0 aliphatic carbocycles. The van der Waals surface area contributed by atoms with Gasteiger partial charge in [0.15, 0.2) is 0 Å². The minimum Gasteiger partial charge on any atom is -0.496 e. The molecule has 1 aliphatic rings. The van der Waals surface area contributed by atoms with E-state index in [-0.39, 0.29) is 11.8 Å². The number of ether oxygens (including phenoxy) is 1. The van der Waals surface area contributed by atoms with E-state index in [0.29, 0.717) is 13.0 Å². The van der Waals surface area contributed by atoms with Gasteiger partial charge in [-0.3, -0.25) is 9.78 Å². The lowest BCUT2D eigenvalue weighted by atomic mass is 9.98. The fourth-order valence-corrected chi connectivity index (χ4v) is 3.28. The molecule has 1 saturated heterocycles. The second-order valence-electron chi connectivity index (χ2n) is 6.13. The largest absolute Gasteiger partial charge is 0.496 e. The molecule has 0 saturated carbocycles. The minimum atomic E-state index is 0.194. The average Bonchev–Trinajstić information content (AvgIpc) is 2.92. The molecule has 0 spiro atoms. The van der Waals surface area contributed by atoms with E-state index in [1.807, 2.05) is 43.1 Å². The van der Waals surface area contributed by atoms with Crippen LogP contribution in [0, 0.1) is 13.8 Å². The van der Waals surface area contributed by atoms with Crippen LogP contribution in [0.2, 0.25) is 0 Å². The Morgan fingerprint density at radius 1 is 1.26 bits per heavy atom. The van der Waals surface area contributed by atoms with Gasteiger partial charge in [0.25, 0.3) is 0 Å². The van der Waals surface area contributed by atoms with Crippen LogP contribution in [0.4, 0.5) is 0 Å². The molecule has 1 atom stereocenters. The van der Waals surface area contributed by atoms with Crippen molar-refractivity contribution in [2.24, 2.45) is 0 Å². The summed E-state index contributed by atoms with van der Waals surface area (Å²) in [5, 5.41) is 0. The highest BCUT2D eigenvalue weighted by atomic mass is 16.5. The quantitative estimate of drug-likeness (QED) is 0.871. The van der Waals surface area contributed by atoms with Crippen molar-refractivity contribution >= 4 is 5.91 Å². The van der Waals surface area contributed by atoms with E-state index >= 15 is 0 Å². The van der Waals surface area contributed by atoms with Gasteiger partial charge < -0.3 is 9.64 Å². The fourth-order valence-electron chi connectivity index (χ4n) is 3.28. The first-order valence-electron chi connectivity index (χ1n) is 7.92. The normalized spacial score (nSPS) is 17.6. The molecule has 2 heterocycles. The van der Waals surface area contributed by atoms with Crippen LogP contribution in [0.3, 0.4) is 0 Å². The van der Waals surface area contributed by atoms with Gasteiger partial charge in [-0.2, -0.15) is 0 Å². The predicted octanol–water partition coefficient (Wildman–Crippen LogP) is 3.22. The molecule has 120 valence electrons. The molecule has 0 N–H and O–H groups in total. The maximum atomic E-state index is 12.4. The Hall–Kier alpha value is -2.36. The topological polar surface area (TPSA) is 42.4 Å². The third-order valence-corrected chi connectivity index (χ3v) is 4.58. The first-order chi connectivity index (χ1) is 11.1. The van der Waals surface area contributed by atoms with Crippen LogP contribution in [0.5, 0.6) is 5.75 Å². The summed E-state index contributed by atoms with van der Waals surface area (Å²) >= 11 is 0. The van der Waals surface area contributed by atoms with E-state index in [4.69, 9.17) is 4.74 Å². The molecular formula is C19H22N2O2. The molecule has 0 radical (unpaired) electrons. The highest BCUT2D eigenvalue weighted by molar-refractivity contribution is 5.79. The Kier molecular flexibility index (Phi) is 4.33. The van der Waals surface area contributed by atoms with E-state index in [2.05, 4.69) is 17.1 Å². The smallest absolute Gasteiger partial charge is 0.223 e. The van der Waals surface area contributed by atoms with E-state index in [1.54, 1.807) is 7.11 Å². The summed E-state index contributed by atoms with van der Waals surface area (Å²) < 4.78 is 5.45. The summed E-state index contributed by atoms with van der Waals surface area (Å²) in [7, 11) is 1.67. The number of likely N-dealkylation sites (tertiary alicyclic amines) is 1. The summed E-state index contributed by atoms with van der Waals surface area (Å²) in [6, 6.07) is 10.3. The molecule has 1 amide bonds. The summed E-state index contributed by atoms with van der Waals surface area (Å²) in [4.78, 5) is 18.8. The number of carbonyl (C=O) groups excluding carboxylic acids is 1. The molecule has 0 bridgehead atoms. The number of rotatable bonds is 4.